The van der Waals surface area contributed by atoms with Crippen molar-refractivity contribution in [2.45, 2.75) is 13.8 Å². The monoisotopic (exact) mass is 180 g/mol. The largest absolute Gasteiger partial charge is 0.377 e. The summed E-state index contributed by atoms with van der Waals surface area (Å²) < 4.78 is 4.76. The van der Waals surface area contributed by atoms with Crippen molar-refractivity contribution in [3.05, 3.63) is 23.0 Å². The summed E-state index contributed by atoms with van der Waals surface area (Å²) in [5.41, 5.74) is 1.98. The number of hydrogen-bond acceptors (Lipinski definition) is 4. The highest BCUT2D eigenvalue weighted by molar-refractivity contribution is 5.98. The van der Waals surface area contributed by atoms with Crippen LogP contribution in [-0.4, -0.2) is 29.7 Å². The molecule has 0 spiro atoms. The molecule has 4 heteroatoms. The van der Waals surface area contributed by atoms with Gasteiger partial charge < -0.3 is 4.74 Å². The second kappa shape index (κ2) is 4.09. The molecule has 70 valence electrons. The Morgan fingerprint density at radius 2 is 2.15 bits per heavy atom. The van der Waals surface area contributed by atoms with E-state index in [4.69, 9.17) is 4.74 Å². The van der Waals surface area contributed by atoms with Crippen LogP contribution in [-0.2, 0) is 4.74 Å². The molecule has 0 bridgehead atoms. The summed E-state index contributed by atoms with van der Waals surface area (Å²) in [7, 11) is 1.49. The average Bonchev–Trinajstić information content (AvgIpc) is 2.09. The molecule has 0 aromatic carbocycles. The molecule has 0 amide bonds. The van der Waals surface area contributed by atoms with Crippen LogP contribution >= 0.6 is 0 Å². The number of ether oxygens (including phenoxy) is 1. The highest BCUT2D eigenvalue weighted by Crippen LogP contribution is 2.06. The molecule has 0 atom stereocenters. The van der Waals surface area contributed by atoms with Crippen molar-refractivity contribution in [3.63, 3.8) is 0 Å². The average molecular weight is 180 g/mol. The molecular weight excluding hydrogens is 168 g/mol. The summed E-state index contributed by atoms with van der Waals surface area (Å²) in [6.45, 7) is 3.65. The van der Waals surface area contributed by atoms with Gasteiger partial charge in [0.05, 0.1) is 11.4 Å². The van der Waals surface area contributed by atoms with Crippen LogP contribution in [0.3, 0.4) is 0 Å². The van der Waals surface area contributed by atoms with Gasteiger partial charge in [0.15, 0.2) is 5.78 Å². The maximum atomic E-state index is 11.4. The fraction of sp³-hybridized carbons (Fsp3) is 0.444. The predicted octanol–water partition coefficient (Wildman–Crippen LogP) is 0.923. The SMILES string of the molecule is COCC(=O)c1cc(C)nnc1C. The zero-order chi connectivity index (χ0) is 9.84. The van der Waals surface area contributed by atoms with E-state index in [2.05, 4.69) is 10.2 Å². The molecule has 1 rings (SSSR count). The van der Waals surface area contributed by atoms with Gasteiger partial charge in [-0.05, 0) is 19.9 Å². The van der Waals surface area contributed by atoms with E-state index in [0.29, 0.717) is 11.3 Å². The fourth-order valence-electron chi connectivity index (χ4n) is 1.04. The van der Waals surface area contributed by atoms with Crippen molar-refractivity contribution in [3.8, 4) is 0 Å². The highest BCUT2D eigenvalue weighted by atomic mass is 16.5. The molecule has 0 N–H and O–H groups in total. The third-order valence-electron chi connectivity index (χ3n) is 1.68. The molecule has 0 saturated carbocycles. The number of methoxy groups -OCH3 is 1. The number of hydrogen-bond donors (Lipinski definition) is 0. The van der Waals surface area contributed by atoms with Crippen LogP contribution < -0.4 is 0 Å². The first-order valence-corrected chi connectivity index (χ1v) is 3.98. The second-order valence-corrected chi connectivity index (χ2v) is 2.84. The summed E-state index contributed by atoms with van der Waals surface area (Å²) in [4.78, 5) is 11.4. The number of carbonyl (C=O) groups is 1. The van der Waals surface area contributed by atoms with E-state index in [0.717, 1.165) is 5.69 Å². The van der Waals surface area contributed by atoms with Crippen LogP contribution in [0.15, 0.2) is 6.07 Å². The van der Waals surface area contributed by atoms with E-state index in [1.807, 2.05) is 0 Å². The molecule has 0 fully saturated rings. The Morgan fingerprint density at radius 1 is 1.46 bits per heavy atom. The minimum Gasteiger partial charge on any atom is -0.377 e. The van der Waals surface area contributed by atoms with E-state index in [-0.39, 0.29) is 12.4 Å². The molecule has 4 nitrogen and oxygen atoms in total. The topological polar surface area (TPSA) is 52.1 Å². The van der Waals surface area contributed by atoms with Crippen LogP contribution in [0.4, 0.5) is 0 Å². The molecule has 0 aliphatic carbocycles. The highest BCUT2D eigenvalue weighted by Gasteiger charge is 2.09. The minimum absolute atomic E-state index is 0.0574. The molecule has 1 heterocycles. The first-order valence-electron chi connectivity index (χ1n) is 3.98. The molecule has 0 aliphatic rings. The number of ketones is 1. The van der Waals surface area contributed by atoms with Gasteiger partial charge in [-0.15, -0.1) is 0 Å². The molecule has 0 radical (unpaired) electrons. The first-order chi connectivity index (χ1) is 6.15. The number of nitrogens with zero attached hydrogens (tertiary/aromatic N) is 2. The lowest BCUT2D eigenvalue weighted by Crippen LogP contribution is -2.11. The van der Waals surface area contributed by atoms with Crippen molar-refractivity contribution in [1.29, 1.82) is 0 Å². The van der Waals surface area contributed by atoms with Gasteiger partial charge in [-0.25, -0.2) is 0 Å². The fourth-order valence-corrected chi connectivity index (χ4v) is 1.04. The molecular formula is C9H12N2O2. The Balaban J connectivity index is 2.99. The summed E-state index contributed by atoms with van der Waals surface area (Å²) >= 11 is 0. The van der Waals surface area contributed by atoms with Gasteiger partial charge in [-0.1, -0.05) is 0 Å². The second-order valence-electron chi connectivity index (χ2n) is 2.84. The van der Waals surface area contributed by atoms with Crippen molar-refractivity contribution < 1.29 is 9.53 Å². The number of aryl methyl sites for hydroxylation is 2. The van der Waals surface area contributed by atoms with Gasteiger partial charge in [-0.2, -0.15) is 10.2 Å². The Hall–Kier alpha value is -1.29. The van der Waals surface area contributed by atoms with Crippen molar-refractivity contribution in [2.75, 3.05) is 13.7 Å². The smallest absolute Gasteiger partial charge is 0.190 e. The van der Waals surface area contributed by atoms with Crippen LogP contribution in [0.1, 0.15) is 21.7 Å². The first kappa shape index (κ1) is 9.80. The lowest BCUT2D eigenvalue weighted by Gasteiger charge is -2.02. The zero-order valence-corrected chi connectivity index (χ0v) is 8.00. The Bertz CT molecular complexity index is 323. The predicted molar refractivity (Wildman–Crippen MR) is 47.7 cm³/mol. The maximum Gasteiger partial charge on any atom is 0.190 e. The molecule has 1 aromatic heterocycles. The van der Waals surface area contributed by atoms with Crippen LogP contribution in [0.2, 0.25) is 0 Å². The van der Waals surface area contributed by atoms with Gasteiger partial charge in [-0.3, -0.25) is 4.79 Å². The minimum atomic E-state index is -0.0574. The molecule has 1 aromatic rings. The third-order valence-corrected chi connectivity index (χ3v) is 1.68. The van der Waals surface area contributed by atoms with E-state index in [1.54, 1.807) is 19.9 Å². The Labute approximate surface area is 76.9 Å². The van der Waals surface area contributed by atoms with E-state index >= 15 is 0 Å². The number of carbonyl (C=O) groups excluding carboxylic acids is 1. The van der Waals surface area contributed by atoms with Crippen LogP contribution in [0, 0.1) is 13.8 Å². The summed E-state index contributed by atoms with van der Waals surface area (Å²) in [6, 6.07) is 1.73. The van der Waals surface area contributed by atoms with Crippen molar-refractivity contribution >= 4 is 5.78 Å². The molecule has 0 aliphatic heterocycles. The summed E-state index contributed by atoms with van der Waals surface area (Å²) in [6.07, 6.45) is 0. The van der Waals surface area contributed by atoms with Crippen LogP contribution in [0.5, 0.6) is 0 Å². The van der Waals surface area contributed by atoms with E-state index in [9.17, 15) is 4.79 Å². The van der Waals surface area contributed by atoms with Gasteiger partial charge >= 0.3 is 0 Å². The quantitative estimate of drug-likeness (QED) is 0.649. The molecule has 13 heavy (non-hydrogen) atoms. The van der Waals surface area contributed by atoms with Crippen molar-refractivity contribution in [2.24, 2.45) is 0 Å². The van der Waals surface area contributed by atoms with Crippen LogP contribution in [0.25, 0.3) is 0 Å². The number of rotatable bonds is 3. The van der Waals surface area contributed by atoms with Gasteiger partial charge in [0.25, 0.3) is 0 Å². The van der Waals surface area contributed by atoms with E-state index < -0.39 is 0 Å². The number of aromatic nitrogens is 2. The molecule has 0 saturated heterocycles. The third kappa shape index (κ3) is 2.32. The van der Waals surface area contributed by atoms with E-state index in [1.165, 1.54) is 7.11 Å². The zero-order valence-electron chi connectivity index (χ0n) is 8.00. The lowest BCUT2D eigenvalue weighted by molar-refractivity contribution is 0.0846. The maximum absolute atomic E-state index is 11.4. The van der Waals surface area contributed by atoms with Crippen molar-refractivity contribution in [1.82, 2.24) is 10.2 Å². The number of Topliss-reactive ketones (excluding diaryl/α,β-unsaturated/α-hetero) is 1. The van der Waals surface area contributed by atoms with Gasteiger partial charge in [0, 0.05) is 12.7 Å². The summed E-state index contributed by atoms with van der Waals surface area (Å²) in [5.74, 6) is -0.0574. The standard InChI is InChI=1S/C9H12N2O2/c1-6-4-8(7(2)11-10-6)9(12)5-13-3/h4H,5H2,1-3H3. The van der Waals surface area contributed by atoms with Gasteiger partial charge in [0.1, 0.15) is 6.61 Å². The molecule has 0 unspecified atom stereocenters. The summed E-state index contributed by atoms with van der Waals surface area (Å²) in [5, 5.41) is 7.69. The lowest BCUT2D eigenvalue weighted by atomic mass is 10.1. The Kier molecular flexibility index (Phi) is 3.08. The normalized spacial score (nSPS) is 10.1. The Morgan fingerprint density at radius 3 is 2.77 bits per heavy atom. The van der Waals surface area contributed by atoms with Gasteiger partial charge in [0.2, 0.25) is 0 Å².